The molecule has 1 heteroatoms. The van der Waals surface area contributed by atoms with Crippen LogP contribution in [0.2, 0.25) is 0 Å². The molecule has 0 amide bonds. The second-order valence-electron chi connectivity index (χ2n) is 6.95. The van der Waals surface area contributed by atoms with Crippen molar-refractivity contribution in [2.45, 2.75) is 85.0 Å². The summed E-state index contributed by atoms with van der Waals surface area (Å²) in [7, 11) is 0. The van der Waals surface area contributed by atoms with E-state index in [0.29, 0.717) is 12.3 Å². The van der Waals surface area contributed by atoms with Crippen LogP contribution in [0.25, 0.3) is 0 Å². The highest BCUT2D eigenvalue weighted by atomic mass is 19.1. The lowest BCUT2D eigenvalue weighted by molar-refractivity contribution is 0.347. The number of benzene rings is 1. The molecule has 0 aliphatic carbocycles. The predicted molar refractivity (Wildman–Crippen MR) is 96.4 cm³/mol. The van der Waals surface area contributed by atoms with E-state index in [9.17, 15) is 4.39 Å². The first-order valence-electron chi connectivity index (χ1n) is 9.24. The maximum absolute atomic E-state index is 13.0. The molecule has 0 fully saturated rings. The summed E-state index contributed by atoms with van der Waals surface area (Å²) in [6.07, 6.45) is 9.69. The highest BCUT2D eigenvalue weighted by Gasteiger charge is 2.17. The predicted octanol–water partition coefficient (Wildman–Crippen LogP) is 7.13. The number of hydrogen-bond donors (Lipinski definition) is 0. The highest BCUT2D eigenvalue weighted by molar-refractivity contribution is 5.31. The van der Waals surface area contributed by atoms with Crippen LogP contribution in [0.1, 0.15) is 87.8 Å². The molecule has 1 rings (SSSR count). The van der Waals surface area contributed by atoms with Gasteiger partial charge >= 0.3 is 0 Å². The van der Waals surface area contributed by atoms with Crippen molar-refractivity contribution >= 4 is 0 Å². The summed E-state index contributed by atoms with van der Waals surface area (Å²) in [6.45, 7) is 8.63. The molecule has 0 spiro atoms. The smallest absolute Gasteiger partial charge is 0.0900 e. The lowest BCUT2D eigenvalue weighted by Gasteiger charge is -2.23. The first kappa shape index (κ1) is 19.2. The van der Waals surface area contributed by atoms with Gasteiger partial charge in [0.1, 0.15) is 0 Å². The highest BCUT2D eigenvalue weighted by Crippen LogP contribution is 2.32. The average Bonchev–Trinajstić information content (AvgIpc) is 2.48. The van der Waals surface area contributed by atoms with Gasteiger partial charge in [-0.2, -0.15) is 0 Å². The summed E-state index contributed by atoms with van der Waals surface area (Å²) >= 11 is 0. The molecule has 0 bridgehead atoms. The topological polar surface area (TPSA) is 0 Å². The lowest BCUT2D eigenvalue weighted by Crippen LogP contribution is -2.09. The quantitative estimate of drug-likeness (QED) is 0.381. The van der Waals surface area contributed by atoms with E-state index < -0.39 is 0 Å². The van der Waals surface area contributed by atoms with Gasteiger partial charge in [-0.1, -0.05) is 81.7 Å². The third-order valence-corrected chi connectivity index (χ3v) is 4.83. The Morgan fingerprint density at radius 1 is 0.909 bits per heavy atom. The molecule has 1 aromatic carbocycles. The maximum atomic E-state index is 13.0. The Balaban J connectivity index is 2.68. The van der Waals surface area contributed by atoms with Gasteiger partial charge in [-0.05, 0) is 44.1 Å². The van der Waals surface area contributed by atoms with Crippen molar-refractivity contribution in [1.82, 2.24) is 0 Å². The molecule has 0 saturated heterocycles. The zero-order valence-electron chi connectivity index (χ0n) is 15.1. The van der Waals surface area contributed by atoms with Crippen LogP contribution in [0, 0.1) is 19.8 Å². The Bertz CT molecular complexity index is 390. The molecule has 2 atom stereocenters. The molecule has 0 aliphatic rings. The van der Waals surface area contributed by atoms with Crippen molar-refractivity contribution in [2.24, 2.45) is 5.92 Å². The summed E-state index contributed by atoms with van der Waals surface area (Å²) in [6, 6.07) is 6.73. The van der Waals surface area contributed by atoms with Gasteiger partial charge < -0.3 is 0 Å². The van der Waals surface area contributed by atoms with Gasteiger partial charge in [0.05, 0.1) is 6.67 Å². The van der Waals surface area contributed by atoms with Crippen molar-refractivity contribution in [2.75, 3.05) is 6.67 Å². The zero-order valence-corrected chi connectivity index (χ0v) is 15.1. The van der Waals surface area contributed by atoms with Gasteiger partial charge in [0, 0.05) is 0 Å². The van der Waals surface area contributed by atoms with Crippen molar-refractivity contribution in [3.63, 3.8) is 0 Å². The third-order valence-electron chi connectivity index (χ3n) is 4.83. The van der Waals surface area contributed by atoms with Crippen LogP contribution >= 0.6 is 0 Å². The lowest BCUT2D eigenvalue weighted by atomic mass is 9.82. The largest absolute Gasteiger partial charge is 0.251 e. The summed E-state index contributed by atoms with van der Waals surface area (Å²) in [5, 5.41) is 0. The Morgan fingerprint density at radius 2 is 1.59 bits per heavy atom. The maximum Gasteiger partial charge on any atom is 0.0900 e. The molecule has 0 saturated carbocycles. The fourth-order valence-electron chi connectivity index (χ4n) is 3.55. The monoisotopic (exact) mass is 306 g/mol. The molecular weight excluding hydrogens is 271 g/mol. The minimum absolute atomic E-state index is 0.204. The minimum Gasteiger partial charge on any atom is -0.251 e. The van der Waals surface area contributed by atoms with Crippen molar-refractivity contribution in [1.29, 1.82) is 0 Å². The van der Waals surface area contributed by atoms with Crippen molar-refractivity contribution in [3.05, 3.63) is 34.9 Å². The Kier molecular flexibility index (Phi) is 9.43. The molecular formula is C21H35F. The first-order chi connectivity index (χ1) is 10.6. The number of unbranched alkanes of at least 4 members (excludes halogenated alkanes) is 3. The summed E-state index contributed by atoms with van der Waals surface area (Å²) in [4.78, 5) is 0. The minimum atomic E-state index is -0.204. The second kappa shape index (κ2) is 10.8. The molecule has 0 aliphatic heterocycles. The Morgan fingerprint density at radius 3 is 2.14 bits per heavy atom. The van der Waals surface area contributed by atoms with Crippen LogP contribution in [0.5, 0.6) is 0 Å². The van der Waals surface area contributed by atoms with E-state index in [1.54, 1.807) is 0 Å². The number of rotatable bonds is 11. The second-order valence-corrected chi connectivity index (χ2v) is 6.95. The molecule has 22 heavy (non-hydrogen) atoms. The Labute approximate surface area is 137 Å². The van der Waals surface area contributed by atoms with E-state index in [-0.39, 0.29) is 6.67 Å². The molecule has 1 aromatic rings. The third kappa shape index (κ3) is 6.94. The van der Waals surface area contributed by atoms with Crippen LogP contribution in [0.15, 0.2) is 18.2 Å². The van der Waals surface area contributed by atoms with Crippen molar-refractivity contribution in [3.8, 4) is 0 Å². The molecule has 0 radical (unpaired) electrons. The van der Waals surface area contributed by atoms with E-state index in [2.05, 4.69) is 45.9 Å². The van der Waals surface area contributed by atoms with Gasteiger partial charge in [-0.25, -0.2) is 0 Å². The van der Waals surface area contributed by atoms with Gasteiger partial charge in [0.15, 0.2) is 0 Å². The van der Waals surface area contributed by atoms with E-state index >= 15 is 0 Å². The molecule has 126 valence electrons. The summed E-state index contributed by atoms with van der Waals surface area (Å²) in [5.41, 5.74) is 3.95. The van der Waals surface area contributed by atoms with Crippen LogP contribution in [-0.4, -0.2) is 6.67 Å². The van der Waals surface area contributed by atoms with Crippen molar-refractivity contribution < 1.29 is 4.39 Å². The van der Waals surface area contributed by atoms with Crippen LogP contribution in [0.4, 0.5) is 4.39 Å². The Hall–Kier alpha value is -0.850. The average molecular weight is 307 g/mol. The number of halogens is 1. The number of aryl methyl sites for hydroxylation is 2. The van der Waals surface area contributed by atoms with Crippen LogP contribution < -0.4 is 0 Å². The van der Waals surface area contributed by atoms with Gasteiger partial charge in [0.25, 0.3) is 0 Å². The fourth-order valence-corrected chi connectivity index (χ4v) is 3.55. The van der Waals surface area contributed by atoms with E-state index in [4.69, 9.17) is 0 Å². The first-order valence-corrected chi connectivity index (χ1v) is 9.24. The molecule has 0 nitrogen and oxygen atoms in total. The molecule has 0 heterocycles. The fraction of sp³-hybridized carbons (Fsp3) is 0.714. The number of alkyl halides is 1. The van der Waals surface area contributed by atoms with E-state index in [0.717, 1.165) is 12.3 Å². The van der Waals surface area contributed by atoms with Gasteiger partial charge in [-0.3, -0.25) is 4.39 Å². The molecule has 2 unspecified atom stereocenters. The standard InChI is InChI=1S/C21H35F/c1-5-7-8-9-10-19(6-2)16-20(11-12-22)21-14-17(3)13-18(4)15-21/h13-15,19-20H,5-12,16H2,1-4H3. The van der Waals surface area contributed by atoms with Gasteiger partial charge in [-0.15, -0.1) is 0 Å². The van der Waals surface area contributed by atoms with Crippen LogP contribution in [-0.2, 0) is 0 Å². The van der Waals surface area contributed by atoms with Gasteiger partial charge in [0.2, 0.25) is 0 Å². The molecule has 0 aromatic heterocycles. The number of hydrogen-bond acceptors (Lipinski definition) is 0. The SMILES string of the molecule is CCCCCCC(CC)CC(CCF)c1cc(C)cc(C)c1. The van der Waals surface area contributed by atoms with E-state index in [1.807, 2.05) is 0 Å². The van der Waals surface area contributed by atoms with Crippen LogP contribution in [0.3, 0.4) is 0 Å². The van der Waals surface area contributed by atoms with E-state index in [1.165, 1.54) is 55.2 Å². The molecule has 0 N–H and O–H groups in total. The summed E-state index contributed by atoms with van der Waals surface area (Å²) in [5.74, 6) is 1.13. The zero-order chi connectivity index (χ0) is 16.4. The summed E-state index contributed by atoms with van der Waals surface area (Å²) < 4.78 is 13.0. The normalized spacial score (nSPS) is 14.0.